The minimum Gasteiger partial charge on any atom is -0.480 e. The monoisotopic (exact) mass is 133 g/mol. The second-order valence-corrected chi connectivity index (χ2v) is 2.12. The Hall–Kier alpha value is -0.640. The van der Waals surface area contributed by atoms with Crippen molar-refractivity contribution in [2.45, 2.75) is 18.9 Å². The van der Waals surface area contributed by atoms with Crippen molar-refractivity contribution >= 4 is 5.97 Å². The van der Waals surface area contributed by atoms with Gasteiger partial charge in [-0.15, -0.1) is 9.60 Å². The number of rotatable bonds is 1. The lowest BCUT2D eigenvalue weighted by molar-refractivity contribution is -0.148. The molecule has 1 N–H and O–H groups in total. The van der Waals surface area contributed by atoms with E-state index in [9.17, 15) is 9.28 Å². The van der Waals surface area contributed by atoms with Gasteiger partial charge in [-0.05, 0) is 12.8 Å². The lowest BCUT2D eigenvalue weighted by atomic mass is 10.2. The van der Waals surface area contributed by atoms with Crippen molar-refractivity contribution in [1.82, 2.24) is 5.12 Å². The number of carbonyl (C=O) groups is 1. The summed E-state index contributed by atoms with van der Waals surface area (Å²) >= 11 is 0. The third-order valence-corrected chi connectivity index (χ3v) is 1.47. The average molecular weight is 133 g/mol. The maximum Gasteiger partial charge on any atom is 0.323 e. The molecule has 0 aromatic heterocycles. The molecule has 0 saturated carbocycles. The molecule has 4 heteroatoms. The Labute approximate surface area is 52.0 Å². The van der Waals surface area contributed by atoms with Gasteiger partial charge in [-0.1, -0.05) is 0 Å². The van der Waals surface area contributed by atoms with Crippen molar-refractivity contribution in [3.63, 3.8) is 0 Å². The smallest absolute Gasteiger partial charge is 0.323 e. The quantitative estimate of drug-likeness (QED) is 0.527. The molecule has 0 radical (unpaired) electrons. The van der Waals surface area contributed by atoms with E-state index in [2.05, 4.69) is 0 Å². The van der Waals surface area contributed by atoms with E-state index in [4.69, 9.17) is 5.11 Å². The van der Waals surface area contributed by atoms with Crippen LogP contribution in [0.5, 0.6) is 0 Å². The molecule has 0 aliphatic carbocycles. The summed E-state index contributed by atoms with van der Waals surface area (Å²) in [6, 6.07) is -0.884. The SMILES string of the molecule is O=C(O)[C@@H]1CCCN1F. The summed E-state index contributed by atoms with van der Waals surface area (Å²) < 4.78 is 12.3. The molecule has 0 amide bonds. The fraction of sp³-hybridized carbons (Fsp3) is 0.800. The van der Waals surface area contributed by atoms with Gasteiger partial charge in [-0.2, -0.15) is 0 Å². The van der Waals surface area contributed by atoms with Crippen LogP contribution in [0.4, 0.5) is 4.48 Å². The summed E-state index contributed by atoms with van der Waals surface area (Å²) in [5.74, 6) is -1.06. The predicted molar refractivity (Wildman–Crippen MR) is 28.5 cm³/mol. The van der Waals surface area contributed by atoms with E-state index in [1.807, 2.05) is 0 Å². The summed E-state index contributed by atoms with van der Waals surface area (Å²) in [5.41, 5.74) is 0. The largest absolute Gasteiger partial charge is 0.480 e. The van der Waals surface area contributed by atoms with E-state index in [0.29, 0.717) is 18.0 Å². The second kappa shape index (κ2) is 2.31. The van der Waals surface area contributed by atoms with Crippen LogP contribution in [0.2, 0.25) is 0 Å². The standard InChI is InChI=1S/C5H8FNO2/c6-7-3-1-2-4(7)5(8)9/h4H,1-3H2,(H,8,9)/t4-/m0/s1. The summed E-state index contributed by atoms with van der Waals surface area (Å²) in [6.07, 6.45) is 1.08. The number of carboxylic acid groups (broad SMARTS) is 1. The normalized spacial score (nSPS) is 28.8. The minimum absolute atomic E-state index is 0.261. The molecule has 1 heterocycles. The fourth-order valence-electron chi connectivity index (χ4n) is 0.975. The first-order valence-electron chi connectivity index (χ1n) is 2.87. The maximum atomic E-state index is 12.3. The van der Waals surface area contributed by atoms with E-state index in [-0.39, 0.29) is 6.54 Å². The number of nitrogens with zero attached hydrogens (tertiary/aromatic N) is 1. The molecular formula is C5H8FNO2. The molecule has 0 unspecified atom stereocenters. The van der Waals surface area contributed by atoms with Crippen LogP contribution in [0.3, 0.4) is 0 Å². The van der Waals surface area contributed by atoms with Crippen molar-refractivity contribution in [3.8, 4) is 0 Å². The zero-order valence-corrected chi connectivity index (χ0v) is 4.88. The third-order valence-electron chi connectivity index (χ3n) is 1.47. The molecule has 3 nitrogen and oxygen atoms in total. The van der Waals surface area contributed by atoms with E-state index in [1.54, 1.807) is 0 Å². The topological polar surface area (TPSA) is 40.5 Å². The number of carboxylic acids is 1. The van der Waals surface area contributed by atoms with Crippen molar-refractivity contribution < 1.29 is 14.4 Å². The molecule has 1 atom stereocenters. The third kappa shape index (κ3) is 1.18. The fourth-order valence-corrected chi connectivity index (χ4v) is 0.975. The van der Waals surface area contributed by atoms with Crippen LogP contribution < -0.4 is 0 Å². The summed E-state index contributed by atoms with van der Waals surface area (Å²) in [4.78, 5) is 10.1. The average Bonchev–Trinajstić information content (AvgIpc) is 2.13. The Balaban J connectivity index is 2.49. The van der Waals surface area contributed by atoms with Crippen LogP contribution in [-0.4, -0.2) is 28.8 Å². The van der Waals surface area contributed by atoms with Gasteiger partial charge >= 0.3 is 5.97 Å². The Kier molecular flexibility index (Phi) is 1.66. The van der Waals surface area contributed by atoms with Gasteiger partial charge in [0.15, 0.2) is 0 Å². The minimum atomic E-state index is -1.06. The van der Waals surface area contributed by atoms with Crippen LogP contribution in [0.1, 0.15) is 12.8 Å². The first kappa shape index (κ1) is 6.48. The van der Waals surface area contributed by atoms with Gasteiger partial charge in [-0.25, -0.2) is 0 Å². The van der Waals surface area contributed by atoms with Gasteiger partial charge in [0.25, 0.3) is 0 Å². The van der Waals surface area contributed by atoms with Crippen LogP contribution in [-0.2, 0) is 4.79 Å². The van der Waals surface area contributed by atoms with Crippen molar-refractivity contribution in [1.29, 1.82) is 0 Å². The van der Waals surface area contributed by atoms with E-state index in [1.165, 1.54) is 0 Å². The van der Waals surface area contributed by atoms with E-state index < -0.39 is 12.0 Å². The molecule has 1 aliphatic rings. The highest BCUT2D eigenvalue weighted by Gasteiger charge is 2.30. The van der Waals surface area contributed by atoms with Gasteiger partial charge in [-0.3, -0.25) is 4.79 Å². The number of hydrogen-bond acceptors (Lipinski definition) is 2. The molecule has 1 aliphatic heterocycles. The van der Waals surface area contributed by atoms with Crippen LogP contribution in [0.25, 0.3) is 0 Å². The van der Waals surface area contributed by atoms with Gasteiger partial charge in [0.2, 0.25) is 0 Å². The van der Waals surface area contributed by atoms with E-state index >= 15 is 0 Å². The number of hydrogen-bond donors (Lipinski definition) is 1. The van der Waals surface area contributed by atoms with Crippen LogP contribution in [0, 0.1) is 0 Å². The molecule has 1 saturated heterocycles. The summed E-state index contributed by atoms with van der Waals surface area (Å²) in [6.45, 7) is 0.261. The summed E-state index contributed by atoms with van der Waals surface area (Å²) in [7, 11) is 0. The first-order chi connectivity index (χ1) is 4.22. The highest BCUT2D eigenvalue weighted by molar-refractivity contribution is 5.73. The zero-order valence-electron chi connectivity index (χ0n) is 4.88. The van der Waals surface area contributed by atoms with Crippen molar-refractivity contribution in [2.24, 2.45) is 0 Å². The Morgan fingerprint density at radius 2 is 2.44 bits per heavy atom. The summed E-state index contributed by atoms with van der Waals surface area (Å²) in [5, 5.41) is 8.68. The highest BCUT2D eigenvalue weighted by atomic mass is 19.2. The maximum absolute atomic E-state index is 12.3. The Bertz CT molecular complexity index is 128. The molecule has 0 bridgehead atoms. The molecular weight excluding hydrogens is 125 g/mol. The molecule has 1 rings (SSSR count). The number of aliphatic carboxylic acids is 1. The van der Waals surface area contributed by atoms with Gasteiger partial charge in [0, 0.05) is 6.54 Å². The molecule has 0 aromatic carbocycles. The Morgan fingerprint density at radius 1 is 1.78 bits per heavy atom. The van der Waals surface area contributed by atoms with Gasteiger partial charge in [0.1, 0.15) is 6.04 Å². The Morgan fingerprint density at radius 3 is 2.67 bits per heavy atom. The van der Waals surface area contributed by atoms with Crippen LogP contribution >= 0.6 is 0 Å². The first-order valence-corrected chi connectivity index (χ1v) is 2.87. The predicted octanol–water partition coefficient (Wildman–Crippen LogP) is 0.420. The lowest BCUT2D eigenvalue weighted by Crippen LogP contribution is -2.29. The number of halogens is 1. The van der Waals surface area contributed by atoms with Gasteiger partial charge in [0.05, 0.1) is 0 Å². The van der Waals surface area contributed by atoms with Crippen molar-refractivity contribution in [2.75, 3.05) is 6.54 Å². The van der Waals surface area contributed by atoms with Crippen molar-refractivity contribution in [3.05, 3.63) is 0 Å². The molecule has 9 heavy (non-hydrogen) atoms. The van der Waals surface area contributed by atoms with Gasteiger partial charge < -0.3 is 5.11 Å². The second-order valence-electron chi connectivity index (χ2n) is 2.12. The molecule has 52 valence electrons. The molecule has 0 aromatic rings. The lowest BCUT2D eigenvalue weighted by Gasteiger charge is -2.07. The van der Waals surface area contributed by atoms with E-state index in [0.717, 1.165) is 0 Å². The van der Waals surface area contributed by atoms with Crippen LogP contribution in [0.15, 0.2) is 0 Å². The molecule has 1 fully saturated rings. The zero-order chi connectivity index (χ0) is 6.85. The molecule has 0 spiro atoms. The highest BCUT2D eigenvalue weighted by Crippen LogP contribution is 2.16.